The Hall–Kier alpha value is -2.09. The van der Waals surface area contributed by atoms with Crippen LogP contribution in [0.3, 0.4) is 0 Å². The van der Waals surface area contributed by atoms with Gasteiger partial charge in [-0.05, 0) is 51.2 Å². The molecule has 1 saturated carbocycles. The van der Waals surface area contributed by atoms with E-state index in [1.54, 1.807) is 4.90 Å². The molecule has 1 aromatic rings. The van der Waals surface area contributed by atoms with E-state index in [-0.39, 0.29) is 11.9 Å². The lowest BCUT2D eigenvalue weighted by atomic mass is 9.84. The van der Waals surface area contributed by atoms with Gasteiger partial charge in [0.15, 0.2) is 0 Å². The molecule has 0 saturated heterocycles. The lowest BCUT2D eigenvalue weighted by Gasteiger charge is -2.33. The van der Waals surface area contributed by atoms with Crippen LogP contribution in [0.2, 0.25) is 0 Å². The van der Waals surface area contributed by atoms with Gasteiger partial charge in [0.2, 0.25) is 5.91 Å². The number of alkyl carbamates (subject to hydrolysis) is 1. The minimum absolute atomic E-state index is 0.0760. The van der Waals surface area contributed by atoms with Crippen molar-refractivity contribution in [2.45, 2.75) is 83.9 Å². The molecule has 1 aliphatic carbocycles. The van der Waals surface area contributed by atoms with Crippen LogP contribution < -0.4 is 5.32 Å². The first kappa shape index (κ1) is 23.6. The van der Waals surface area contributed by atoms with E-state index in [1.807, 2.05) is 26.8 Å². The van der Waals surface area contributed by atoms with Crippen molar-refractivity contribution in [2.75, 3.05) is 13.7 Å². The van der Waals surface area contributed by atoms with E-state index in [1.165, 1.54) is 37.7 Å². The molecular weight excluding hydrogens is 416 g/mol. The molecule has 172 valence electrons. The Bertz CT molecular complexity index is 807. The summed E-state index contributed by atoms with van der Waals surface area (Å²) in [5.41, 5.74) is 0.363. The van der Waals surface area contributed by atoms with Crippen molar-refractivity contribution in [1.82, 2.24) is 10.2 Å². The number of thiophene rings is 1. The summed E-state index contributed by atoms with van der Waals surface area (Å²) >= 11 is 1.43. The molecule has 0 bridgehead atoms. The molecule has 1 fully saturated rings. The van der Waals surface area contributed by atoms with Gasteiger partial charge in [-0.3, -0.25) is 4.79 Å². The van der Waals surface area contributed by atoms with Gasteiger partial charge < -0.3 is 19.7 Å². The topological polar surface area (TPSA) is 84.9 Å². The fourth-order valence-corrected chi connectivity index (χ4v) is 5.45. The number of esters is 1. The highest BCUT2D eigenvalue weighted by Crippen LogP contribution is 2.31. The Morgan fingerprint density at radius 2 is 1.94 bits per heavy atom. The number of fused-ring (bicyclic) bond motifs is 1. The smallest absolute Gasteiger partial charge is 0.408 e. The average molecular weight is 451 g/mol. The molecule has 0 radical (unpaired) electrons. The molecule has 2 aliphatic rings. The van der Waals surface area contributed by atoms with Crippen molar-refractivity contribution < 1.29 is 23.9 Å². The third-order valence-corrected chi connectivity index (χ3v) is 7.06. The van der Waals surface area contributed by atoms with E-state index in [0.29, 0.717) is 36.7 Å². The predicted octanol–water partition coefficient (Wildman–Crippen LogP) is 4.28. The Morgan fingerprint density at radius 1 is 1.23 bits per heavy atom. The number of ether oxygens (including phenoxy) is 2. The summed E-state index contributed by atoms with van der Waals surface area (Å²) in [6, 6.07) is 1.22. The third-order valence-electron chi connectivity index (χ3n) is 5.85. The zero-order valence-electron chi connectivity index (χ0n) is 19.0. The highest BCUT2D eigenvalue weighted by Gasteiger charge is 2.33. The van der Waals surface area contributed by atoms with Crippen molar-refractivity contribution in [3.8, 4) is 0 Å². The predicted molar refractivity (Wildman–Crippen MR) is 119 cm³/mol. The fraction of sp³-hybridized carbons (Fsp3) is 0.696. The summed E-state index contributed by atoms with van der Waals surface area (Å²) in [4.78, 5) is 41.2. The van der Waals surface area contributed by atoms with Crippen LogP contribution in [0.5, 0.6) is 0 Å². The van der Waals surface area contributed by atoms with Crippen LogP contribution in [0, 0.1) is 5.92 Å². The van der Waals surface area contributed by atoms with Gasteiger partial charge in [0, 0.05) is 18.0 Å². The number of carbonyl (C=O) groups is 3. The first-order valence-corrected chi connectivity index (χ1v) is 12.0. The quantitative estimate of drug-likeness (QED) is 0.677. The summed E-state index contributed by atoms with van der Waals surface area (Å²) in [5, 5.41) is 2.85. The molecule has 0 spiro atoms. The van der Waals surface area contributed by atoms with E-state index in [2.05, 4.69) is 5.32 Å². The van der Waals surface area contributed by atoms with Crippen LogP contribution in [-0.4, -0.2) is 48.2 Å². The Labute approximate surface area is 188 Å². The lowest BCUT2D eigenvalue weighted by molar-refractivity contribution is -0.135. The normalized spacial score (nSPS) is 18.1. The van der Waals surface area contributed by atoms with Gasteiger partial charge in [0.05, 0.1) is 7.11 Å². The van der Waals surface area contributed by atoms with Gasteiger partial charge in [-0.25, -0.2) is 9.59 Å². The van der Waals surface area contributed by atoms with Crippen LogP contribution >= 0.6 is 11.3 Å². The number of rotatable bonds is 5. The molecule has 8 heteroatoms. The van der Waals surface area contributed by atoms with E-state index in [4.69, 9.17) is 9.47 Å². The zero-order valence-corrected chi connectivity index (χ0v) is 19.8. The molecular formula is C23H34N2O5S. The maximum absolute atomic E-state index is 13.4. The highest BCUT2D eigenvalue weighted by atomic mass is 32.1. The number of hydrogen-bond donors (Lipinski definition) is 1. The number of nitrogens with zero attached hydrogens (tertiary/aromatic N) is 1. The summed E-state index contributed by atoms with van der Waals surface area (Å²) in [7, 11) is 1.37. The van der Waals surface area contributed by atoms with Crippen molar-refractivity contribution >= 4 is 29.3 Å². The fourth-order valence-electron chi connectivity index (χ4n) is 4.37. The van der Waals surface area contributed by atoms with Gasteiger partial charge in [-0.15, -0.1) is 11.3 Å². The van der Waals surface area contributed by atoms with E-state index in [0.717, 1.165) is 23.3 Å². The second kappa shape index (κ2) is 10.0. The molecule has 1 aliphatic heterocycles. The molecule has 2 amide bonds. The van der Waals surface area contributed by atoms with Crippen molar-refractivity contribution in [3.05, 3.63) is 21.4 Å². The average Bonchev–Trinajstić information content (AvgIpc) is 3.15. The van der Waals surface area contributed by atoms with Gasteiger partial charge in [-0.2, -0.15) is 0 Å². The van der Waals surface area contributed by atoms with Crippen LogP contribution in [0.1, 0.15) is 79.4 Å². The van der Waals surface area contributed by atoms with E-state index < -0.39 is 17.7 Å². The van der Waals surface area contributed by atoms with Gasteiger partial charge in [0.25, 0.3) is 0 Å². The second-order valence-electron chi connectivity index (χ2n) is 9.50. The lowest BCUT2D eigenvalue weighted by Crippen LogP contribution is -2.51. The second-order valence-corrected chi connectivity index (χ2v) is 10.6. The first-order chi connectivity index (χ1) is 14.7. The number of nitrogens with one attached hydrogen (secondary N) is 1. The summed E-state index contributed by atoms with van der Waals surface area (Å²) in [6.45, 7) is 6.45. The molecule has 3 rings (SSSR count). The minimum atomic E-state index is -0.622. The molecule has 1 N–H and O–H groups in total. The number of amides is 2. The molecule has 31 heavy (non-hydrogen) atoms. The first-order valence-electron chi connectivity index (χ1n) is 11.1. The SMILES string of the molecule is COC(=O)c1cc2c(s1)CCN(C(=O)[C@H](CC1CCCCC1)NC(=O)OC(C)(C)C)C2. The molecule has 0 aromatic carbocycles. The number of carbonyl (C=O) groups excluding carboxylic acids is 3. The molecule has 2 heterocycles. The van der Waals surface area contributed by atoms with Crippen LogP contribution in [0.25, 0.3) is 0 Å². The molecule has 1 atom stereocenters. The van der Waals surface area contributed by atoms with Crippen molar-refractivity contribution in [1.29, 1.82) is 0 Å². The summed E-state index contributed by atoms with van der Waals surface area (Å²) < 4.78 is 10.2. The van der Waals surface area contributed by atoms with Gasteiger partial charge >= 0.3 is 12.1 Å². The van der Waals surface area contributed by atoms with E-state index in [9.17, 15) is 14.4 Å². The molecule has 0 unspecified atom stereocenters. The molecule has 7 nitrogen and oxygen atoms in total. The monoisotopic (exact) mass is 450 g/mol. The Balaban J connectivity index is 1.71. The maximum atomic E-state index is 13.4. The summed E-state index contributed by atoms with van der Waals surface area (Å²) in [6.07, 6.45) is 6.57. The Kier molecular flexibility index (Phi) is 7.62. The highest BCUT2D eigenvalue weighted by molar-refractivity contribution is 7.14. The Morgan fingerprint density at radius 3 is 2.58 bits per heavy atom. The van der Waals surface area contributed by atoms with Crippen LogP contribution in [-0.2, 0) is 27.2 Å². The van der Waals surface area contributed by atoms with E-state index >= 15 is 0 Å². The number of hydrogen-bond acceptors (Lipinski definition) is 6. The maximum Gasteiger partial charge on any atom is 0.408 e. The third kappa shape index (κ3) is 6.45. The van der Waals surface area contributed by atoms with Crippen molar-refractivity contribution in [3.63, 3.8) is 0 Å². The largest absolute Gasteiger partial charge is 0.465 e. The molecule has 1 aromatic heterocycles. The minimum Gasteiger partial charge on any atom is -0.465 e. The summed E-state index contributed by atoms with van der Waals surface area (Å²) in [5.74, 6) is 0.0111. The zero-order chi connectivity index (χ0) is 22.6. The van der Waals surface area contributed by atoms with Crippen LogP contribution in [0.15, 0.2) is 6.07 Å². The van der Waals surface area contributed by atoms with Gasteiger partial charge in [-0.1, -0.05) is 32.1 Å². The number of methoxy groups -OCH3 is 1. The van der Waals surface area contributed by atoms with Gasteiger partial charge in [0.1, 0.15) is 16.5 Å². The van der Waals surface area contributed by atoms with Crippen molar-refractivity contribution in [2.24, 2.45) is 5.92 Å². The standard InChI is InChI=1S/C23H34N2O5S/c1-23(2,3)30-22(28)24-17(12-15-8-6-5-7-9-15)20(26)25-11-10-18-16(14-25)13-19(31-18)21(27)29-4/h13,15,17H,5-12,14H2,1-4H3,(H,24,28)/t17-/m0/s1. The van der Waals surface area contributed by atoms with Crippen LogP contribution in [0.4, 0.5) is 4.79 Å².